The van der Waals surface area contributed by atoms with Gasteiger partial charge in [-0.2, -0.15) is 23.7 Å². The van der Waals surface area contributed by atoms with Gasteiger partial charge in [0.15, 0.2) is 11.5 Å². The molecule has 13 heteroatoms. The zero-order chi connectivity index (χ0) is 24.7. The average molecular weight is 505 g/mol. The van der Waals surface area contributed by atoms with Crippen LogP contribution in [-0.4, -0.2) is 55.2 Å². The smallest absolute Gasteiger partial charge is 0.360 e. The Kier molecular flexibility index (Phi) is 6.21. The topological polar surface area (TPSA) is 117 Å². The van der Waals surface area contributed by atoms with Gasteiger partial charge in [0.1, 0.15) is 10.1 Å². The summed E-state index contributed by atoms with van der Waals surface area (Å²) in [5.74, 6) is -0.163. The summed E-state index contributed by atoms with van der Waals surface area (Å²) in [6.45, 7) is 2.91. The van der Waals surface area contributed by atoms with E-state index in [1.54, 1.807) is 20.0 Å². The summed E-state index contributed by atoms with van der Waals surface area (Å²) in [6, 6.07) is 3.34. The molecule has 1 atom stereocenters. The molecule has 1 saturated heterocycles. The number of hydrogen-bond acceptors (Lipinski definition) is 9. The first-order valence-electron chi connectivity index (χ1n) is 11.4. The fourth-order valence-corrected chi connectivity index (χ4v) is 5.73. The van der Waals surface area contributed by atoms with Crippen LogP contribution in [0.5, 0.6) is 0 Å². The molecule has 0 amide bonds. The first kappa shape index (κ1) is 23.7. The Morgan fingerprint density at radius 1 is 1.26 bits per heavy atom. The fraction of sp³-hybridized carbons (Fsp3) is 0.500. The van der Waals surface area contributed by atoms with E-state index in [1.807, 2.05) is 15.6 Å². The van der Waals surface area contributed by atoms with Crippen LogP contribution in [0.25, 0.3) is 0 Å². The van der Waals surface area contributed by atoms with Gasteiger partial charge in [-0.05, 0) is 50.6 Å². The van der Waals surface area contributed by atoms with Gasteiger partial charge in [0.05, 0.1) is 30.2 Å². The van der Waals surface area contributed by atoms with E-state index in [0.717, 1.165) is 36.8 Å². The Hall–Kier alpha value is -3.06. The predicted octanol–water partition coefficient (Wildman–Crippen LogP) is 3.20. The first-order valence-corrected chi connectivity index (χ1v) is 12.2. The van der Waals surface area contributed by atoms with Crippen molar-refractivity contribution in [3.8, 4) is 0 Å². The van der Waals surface area contributed by atoms with E-state index in [9.17, 15) is 13.6 Å². The molecule has 2 N–H and O–H groups in total. The van der Waals surface area contributed by atoms with Crippen LogP contribution in [0.1, 0.15) is 54.2 Å². The number of rotatable bonds is 6. The van der Waals surface area contributed by atoms with Crippen molar-refractivity contribution >= 4 is 23.5 Å². The van der Waals surface area contributed by atoms with E-state index in [-0.39, 0.29) is 28.8 Å². The van der Waals surface area contributed by atoms with Crippen molar-refractivity contribution in [3.63, 3.8) is 0 Å². The quantitative estimate of drug-likeness (QED) is 0.505. The van der Waals surface area contributed by atoms with E-state index < -0.39 is 12.5 Å². The van der Waals surface area contributed by atoms with E-state index in [4.69, 9.17) is 15.5 Å². The fourth-order valence-electron chi connectivity index (χ4n) is 4.86. The number of alkyl halides is 2. The molecule has 0 saturated carbocycles. The number of carbonyl (C=O) groups excluding carboxylic acids is 1. The highest BCUT2D eigenvalue weighted by Gasteiger charge is 2.47. The molecule has 5 heterocycles. The summed E-state index contributed by atoms with van der Waals surface area (Å²) in [5, 5.41) is 8.58. The number of nitrogens with two attached hydrogens (primary N) is 1. The average Bonchev–Trinajstić information content (AvgIpc) is 3.54. The number of anilines is 1. The van der Waals surface area contributed by atoms with Crippen LogP contribution in [0.4, 0.5) is 14.6 Å². The van der Waals surface area contributed by atoms with Gasteiger partial charge < -0.3 is 15.4 Å². The number of fused-ring (bicyclic) bond motifs is 1. The van der Waals surface area contributed by atoms with Crippen LogP contribution >= 0.6 is 11.8 Å². The molecule has 5 rings (SSSR count). The molecule has 2 aliphatic heterocycles. The van der Waals surface area contributed by atoms with Gasteiger partial charge in [-0.25, -0.2) is 14.8 Å². The molecule has 3 aromatic heterocycles. The van der Waals surface area contributed by atoms with Crippen molar-refractivity contribution in [1.29, 1.82) is 0 Å². The lowest BCUT2D eigenvalue weighted by molar-refractivity contribution is 0.0473. The third kappa shape index (κ3) is 4.16. The standard InChI is InChI=1S/C22H26F2N8O2S/c1-3-34-20(33)16-18(28-13(2)19(29-16)35-15-5-9-27-32(15)21(23)24)30-10-6-22(7-11-30)12-31-14(17(22)25)4-8-26-31/h4-5,8-9,17,21H,3,6-7,10-12,25H2,1-2H3/t17-/m0/s1. The molecule has 1 spiro atoms. The number of halogens is 2. The second-order valence-corrected chi connectivity index (χ2v) is 9.75. The highest BCUT2D eigenvalue weighted by molar-refractivity contribution is 7.99. The van der Waals surface area contributed by atoms with Crippen LogP contribution in [0.2, 0.25) is 0 Å². The van der Waals surface area contributed by atoms with Crippen molar-refractivity contribution in [2.24, 2.45) is 11.1 Å². The minimum Gasteiger partial charge on any atom is -0.461 e. The van der Waals surface area contributed by atoms with Crippen LogP contribution < -0.4 is 10.6 Å². The number of carbonyl (C=O) groups is 1. The molecular formula is C22H26F2N8O2S. The predicted molar refractivity (Wildman–Crippen MR) is 123 cm³/mol. The lowest BCUT2D eigenvalue weighted by atomic mass is 9.73. The lowest BCUT2D eigenvalue weighted by Crippen LogP contribution is -2.45. The largest absolute Gasteiger partial charge is 0.461 e. The van der Waals surface area contributed by atoms with E-state index in [2.05, 4.69) is 15.2 Å². The van der Waals surface area contributed by atoms with Crippen molar-refractivity contribution in [2.45, 2.75) is 55.9 Å². The maximum absolute atomic E-state index is 13.3. The zero-order valence-corrected chi connectivity index (χ0v) is 20.2. The van der Waals surface area contributed by atoms with E-state index in [0.29, 0.717) is 34.3 Å². The second-order valence-electron chi connectivity index (χ2n) is 8.74. The molecular weight excluding hydrogens is 478 g/mol. The van der Waals surface area contributed by atoms with Crippen molar-refractivity contribution < 1.29 is 18.3 Å². The Morgan fingerprint density at radius 3 is 2.69 bits per heavy atom. The number of esters is 1. The maximum atomic E-state index is 13.3. The molecule has 1 fully saturated rings. The van der Waals surface area contributed by atoms with E-state index >= 15 is 0 Å². The highest BCUT2D eigenvalue weighted by Crippen LogP contribution is 2.48. The molecule has 186 valence electrons. The molecule has 0 aromatic carbocycles. The number of nitrogens with zero attached hydrogens (tertiary/aromatic N) is 7. The van der Waals surface area contributed by atoms with Crippen molar-refractivity contribution in [1.82, 2.24) is 29.5 Å². The molecule has 0 bridgehead atoms. The van der Waals surface area contributed by atoms with E-state index in [1.165, 1.54) is 12.3 Å². The second kappa shape index (κ2) is 9.19. The molecule has 0 radical (unpaired) electrons. The van der Waals surface area contributed by atoms with Gasteiger partial charge in [0, 0.05) is 31.2 Å². The van der Waals surface area contributed by atoms with Crippen molar-refractivity contribution in [2.75, 3.05) is 24.6 Å². The van der Waals surface area contributed by atoms with Gasteiger partial charge in [0.25, 0.3) is 0 Å². The number of piperidine rings is 1. The zero-order valence-electron chi connectivity index (χ0n) is 19.4. The Morgan fingerprint density at radius 2 is 2.00 bits per heavy atom. The van der Waals surface area contributed by atoms with Crippen LogP contribution in [0.15, 0.2) is 34.6 Å². The SMILES string of the molecule is CCOC(=O)c1nc(Sc2ccnn2C(F)F)c(C)nc1N1CCC2(CC1)Cn1nccc1[C@@H]2N. The minimum absolute atomic E-state index is 0.0719. The van der Waals surface area contributed by atoms with Crippen LogP contribution in [0, 0.1) is 12.3 Å². The maximum Gasteiger partial charge on any atom is 0.360 e. The van der Waals surface area contributed by atoms with Gasteiger partial charge in [-0.15, -0.1) is 0 Å². The van der Waals surface area contributed by atoms with Gasteiger partial charge in [-0.3, -0.25) is 4.68 Å². The molecule has 0 aliphatic carbocycles. The third-order valence-corrected chi connectivity index (χ3v) is 7.86. The summed E-state index contributed by atoms with van der Waals surface area (Å²) in [7, 11) is 0. The lowest BCUT2D eigenvalue weighted by Gasteiger charge is -2.42. The monoisotopic (exact) mass is 504 g/mol. The molecule has 2 aliphatic rings. The molecule has 0 unspecified atom stereocenters. The Balaban J connectivity index is 1.42. The molecule has 3 aromatic rings. The number of aromatic nitrogens is 6. The molecule has 35 heavy (non-hydrogen) atoms. The number of ether oxygens (including phenoxy) is 1. The van der Waals surface area contributed by atoms with Crippen LogP contribution in [-0.2, 0) is 11.3 Å². The first-order chi connectivity index (χ1) is 16.8. The minimum atomic E-state index is -2.79. The summed E-state index contributed by atoms with van der Waals surface area (Å²) in [5.41, 5.74) is 8.16. The Bertz CT molecular complexity index is 1240. The number of hydrogen-bond donors (Lipinski definition) is 1. The third-order valence-electron chi connectivity index (χ3n) is 6.75. The summed E-state index contributed by atoms with van der Waals surface area (Å²) in [6.07, 6.45) is 4.69. The summed E-state index contributed by atoms with van der Waals surface area (Å²) < 4.78 is 34.3. The summed E-state index contributed by atoms with van der Waals surface area (Å²) >= 11 is 0.985. The number of aryl methyl sites for hydroxylation is 1. The highest BCUT2D eigenvalue weighted by atomic mass is 32.2. The van der Waals surface area contributed by atoms with Crippen LogP contribution in [0.3, 0.4) is 0 Å². The van der Waals surface area contributed by atoms with Gasteiger partial charge in [0.2, 0.25) is 0 Å². The normalized spacial score (nSPS) is 18.9. The summed E-state index contributed by atoms with van der Waals surface area (Å²) in [4.78, 5) is 24.1. The van der Waals surface area contributed by atoms with Gasteiger partial charge >= 0.3 is 12.5 Å². The molecule has 10 nitrogen and oxygen atoms in total. The Labute approximate surface area is 204 Å². The van der Waals surface area contributed by atoms with Crippen molar-refractivity contribution in [3.05, 3.63) is 41.6 Å². The van der Waals surface area contributed by atoms with Gasteiger partial charge in [-0.1, -0.05) is 0 Å².